The number of carboxylic acids is 1. The fraction of sp³-hybridized carbons (Fsp3) is 0.462. The molecule has 1 unspecified atom stereocenters. The molecule has 19 heavy (non-hydrogen) atoms. The Kier molecular flexibility index (Phi) is 4.47. The van der Waals surface area contributed by atoms with E-state index in [0.29, 0.717) is 5.56 Å². The third-order valence-electron chi connectivity index (χ3n) is 2.92. The molecule has 0 spiro atoms. The van der Waals surface area contributed by atoms with Gasteiger partial charge in [-0.1, -0.05) is 0 Å². The van der Waals surface area contributed by atoms with Crippen LogP contribution in [0.3, 0.4) is 0 Å². The predicted molar refractivity (Wildman–Crippen MR) is 68.5 cm³/mol. The smallest absolute Gasteiger partial charge is 0.337 e. The number of hydrogen-bond acceptors (Lipinski definition) is 4. The summed E-state index contributed by atoms with van der Waals surface area (Å²) in [7, 11) is 0. The van der Waals surface area contributed by atoms with Crippen molar-refractivity contribution in [1.82, 2.24) is 4.57 Å². The van der Waals surface area contributed by atoms with E-state index in [1.54, 1.807) is 13.8 Å². The van der Waals surface area contributed by atoms with Gasteiger partial charge in [-0.25, -0.2) is 9.59 Å². The Balaban J connectivity index is 3.44. The third-order valence-corrected chi connectivity index (χ3v) is 2.92. The number of pyridine rings is 1. The van der Waals surface area contributed by atoms with Crippen LogP contribution in [0, 0.1) is 13.8 Å². The maximum Gasteiger partial charge on any atom is 0.337 e. The Morgan fingerprint density at radius 2 is 2.00 bits per heavy atom. The molecule has 6 nitrogen and oxygen atoms in total. The van der Waals surface area contributed by atoms with Gasteiger partial charge in [0.25, 0.3) is 5.56 Å². The Morgan fingerprint density at radius 3 is 2.47 bits per heavy atom. The van der Waals surface area contributed by atoms with E-state index in [1.807, 2.05) is 0 Å². The molecule has 0 bridgehead atoms. The summed E-state index contributed by atoms with van der Waals surface area (Å²) in [6.45, 7) is 6.44. The van der Waals surface area contributed by atoms with E-state index in [0.717, 1.165) is 4.57 Å². The molecular formula is C13H17NO5. The highest BCUT2D eigenvalue weighted by molar-refractivity contribution is 5.90. The van der Waals surface area contributed by atoms with Crippen LogP contribution < -0.4 is 5.56 Å². The van der Waals surface area contributed by atoms with Gasteiger partial charge in [0.05, 0.1) is 12.2 Å². The average molecular weight is 267 g/mol. The van der Waals surface area contributed by atoms with E-state index < -0.39 is 23.5 Å². The van der Waals surface area contributed by atoms with E-state index in [4.69, 9.17) is 9.84 Å². The van der Waals surface area contributed by atoms with Gasteiger partial charge in [-0.2, -0.15) is 0 Å². The van der Waals surface area contributed by atoms with Crippen LogP contribution in [0.15, 0.2) is 10.9 Å². The molecule has 1 atom stereocenters. The van der Waals surface area contributed by atoms with Crippen molar-refractivity contribution in [2.45, 2.75) is 33.7 Å². The molecule has 0 aromatic carbocycles. The molecule has 0 amide bonds. The summed E-state index contributed by atoms with van der Waals surface area (Å²) in [5, 5.41) is 9.15. The van der Waals surface area contributed by atoms with Gasteiger partial charge in [-0.05, 0) is 33.3 Å². The van der Waals surface area contributed by atoms with Crippen molar-refractivity contribution in [3.8, 4) is 0 Å². The monoisotopic (exact) mass is 267 g/mol. The molecule has 0 aliphatic rings. The number of carbonyl (C=O) groups excluding carboxylic acids is 1. The predicted octanol–water partition coefficient (Wildman–Crippen LogP) is 1.29. The van der Waals surface area contributed by atoms with Crippen LogP contribution in [-0.2, 0) is 9.53 Å². The zero-order chi connectivity index (χ0) is 14.7. The van der Waals surface area contributed by atoms with Crippen molar-refractivity contribution in [3.05, 3.63) is 33.2 Å². The SMILES string of the molecule is CCOC(=O)C(C)n1c(C)c(C(=O)O)c(C)cc1=O. The molecule has 0 aliphatic carbocycles. The molecule has 0 radical (unpaired) electrons. The highest BCUT2D eigenvalue weighted by Crippen LogP contribution is 2.16. The zero-order valence-electron chi connectivity index (χ0n) is 11.4. The maximum atomic E-state index is 11.9. The Morgan fingerprint density at radius 1 is 1.42 bits per heavy atom. The summed E-state index contributed by atoms with van der Waals surface area (Å²) < 4.78 is 6.00. The number of ether oxygens (including phenoxy) is 1. The highest BCUT2D eigenvalue weighted by Gasteiger charge is 2.23. The minimum absolute atomic E-state index is 0.0377. The lowest BCUT2D eigenvalue weighted by Gasteiger charge is -2.19. The van der Waals surface area contributed by atoms with Gasteiger partial charge in [-0.3, -0.25) is 9.36 Å². The summed E-state index contributed by atoms with van der Waals surface area (Å²) in [4.78, 5) is 34.8. The first kappa shape index (κ1) is 14.9. The second kappa shape index (κ2) is 5.69. The molecule has 1 aromatic rings. The van der Waals surface area contributed by atoms with Crippen LogP contribution in [0.5, 0.6) is 0 Å². The summed E-state index contributed by atoms with van der Waals surface area (Å²) in [6, 6.07) is 0.359. The molecule has 0 saturated heterocycles. The summed E-state index contributed by atoms with van der Waals surface area (Å²) in [5.74, 6) is -1.69. The number of aromatic nitrogens is 1. The number of carbonyl (C=O) groups is 2. The summed E-state index contributed by atoms with van der Waals surface area (Å²) >= 11 is 0. The summed E-state index contributed by atoms with van der Waals surface area (Å²) in [6.07, 6.45) is 0. The largest absolute Gasteiger partial charge is 0.478 e. The van der Waals surface area contributed by atoms with Crippen LogP contribution in [0.25, 0.3) is 0 Å². The second-order valence-corrected chi connectivity index (χ2v) is 4.23. The summed E-state index contributed by atoms with van der Waals surface area (Å²) in [5.41, 5.74) is 0.247. The molecule has 104 valence electrons. The van der Waals surface area contributed by atoms with E-state index >= 15 is 0 Å². The molecule has 0 aliphatic heterocycles. The van der Waals surface area contributed by atoms with Gasteiger partial charge in [0.2, 0.25) is 0 Å². The van der Waals surface area contributed by atoms with Gasteiger partial charge in [-0.15, -0.1) is 0 Å². The standard InChI is InChI=1S/C13H17NO5/c1-5-19-13(18)9(4)14-8(3)11(12(16)17)7(2)6-10(14)15/h6,9H,5H2,1-4H3,(H,16,17). The minimum Gasteiger partial charge on any atom is -0.478 e. The second-order valence-electron chi connectivity index (χ2n) is 4.23. The number of esters is 1. The Bertz CT molecular complexity index is 573. The third kappa shape index (κ3) is 2.83. The van der Waals surface area contributed by atoms with Crippen LogP contribution in [0.1, 0.15) is 41.5 Å². The first-order chi connectivity index (χ1) is 8.81. The van der Waals surface area contributed by atoms with Crippen LogP contribution >= 0.6 is 0 Å². The van der Waals surface area contributed by atoms with Gasteiger partial charge in [0.15, 0.2) is 0 Å². The number of rotatable bonds is 4. The Labute approximate surface area is 110 Å². The minimum atomic E-state index is -1.13. The van der Waals surface area contributed by atoms with Crippen LogP contribution in [-0.4, -0.2) is 28.2 Å². The topological polar surface area (TPSA) is 85.6 Å². The molecule has 0 saturated carbocycles. The number of nitrogens with zero attached hydrogens (tertiary/aromatic N) is 1. The molecular weight excluding hydrogens is 250 g/mol. The van der Waals surface area contributed by atoms with Crippen molar-refractivity contribution in [2.24, 2.45) is 0 Å². The first-order valence-corrected chi connectivity index (χ1v) is 5.93. The number of carboxylic acid groups (broad SMARTS) is 1. The molecule has 1 aromatic heterocycles. The quantitative estimate of drug-likeness (QED) is 0.831. The molecule has 1 rings (SSSR count). The maximum absolute atomic E-state index is 11.9. The Hall–Kier alpha value is -2.11. The lowest BCUT2D eigenvalue weighted by Crippen LogP contribution is -2.32. The van der Waals surface area contributed by atoms with E-state index in [9.17, 15) is 14.4 Å². The van der Waals surface area contributed by atoms with Gasteiger partial charge in [0, 0.05) is 11.8 Å². The zero-order valence-corrected chi connectivity index (χ0v) is 11.4. The fourth-order valence-corrected chi connectivity index (χ4v) is 2.07. The molecule has 1 N–H and O–H groups in total. The van der Waals surface area contributed by atoms with Crippen molar-refractivity contribution in [1.29, 1.82) is 0 Å². The van der Waals surface area contributed by atoms with Crippen LogP contribution in [0.4, 0.5) is 0 Å². The number of hydrogen-bond donors (Lipinski definition) is 1. The van der Waals surface area contributed by atoms with Crippen molar-refractivity contribution >= 4 is 11.9 Å². The van der Waals surface area contributed by atoms with Crippen molar-refractivity contribution in [2.75, 3.05) is 6.61 Å². The van der Waals surface area contributed by atoms with E-state index in [1.165, 1.54) is 19.9 Å². The first-order valence-electron chi connectivity index (χ1n) is 5.93. The van der Waals surface area contributed by atoms with Gasteiger partial charge in [0.1, 0.15) is 6.04 Å². The van der Waals surface area contributed by atoms with Crippen molar-refractivity contribution < 1.29 is 19.4 Å². The average Bonchev–Trinajstić information content (AvgIpc) is 2.27. The van der Waals surface area contributed by atoms with Crippen molar-refractivity contribution in [3.63, 3.8) is 0 Å². The molecule has 6 heteroatoms. The number of aryl methyl sites for hydroxylation is 1. The normalized spacial score (nSPS) is 12.0. The molecule has 0 fully saturated rings. The van der Waals surface area contributed by atoms with Gasteiger partial charge < -0.3 is 9.84 Å². The van der Waals surface area contributed by atoms with E-state index in [2.05, 4.69) is 0 Å². The van der Waals surface area contributed by atoms with Crippen LogP contribution in [0.2, 0.25) is 0 Å². The highest BCUT2D eigenvalue weighted by atomic mass is 16.5. The molecule has 1 heterocycles. The lowest BCUT2D eigenvalue weighted by atomic mass is 10.1. The van der Waals surface area contributed by atoms with Gasteiger partial charge >= 0.3 is 11.9 Å². The fourth-order valence-electron chi connectivity index (χ4n) is 2.07. The lowest BCUT2D eigenvalue weighted by molar-refractivity contribution is -0.146. The van der Waals surface area contributed by atoms with E-state index in [-0.39, 0.29) is 17.9 Å². The number of aromatic carboxylic acids is 1.